The van der Waals surface area contributed by atoms with Gasteiger partial charge in [0.15, 0.2) is 17.2 Å². The molecule has 6 heterocycles. The summed E-state index contributed by atoms with van der Waals surface area (Å²) in [5.41, 5.74) is 2.72. The van der Waals surface area contributed by atoms with Gasteiger partial charge in [0.25, 0.3) is 0 Å². The summed E-state index contributed by atoms with van der Waals surface area (Å²) in [4.78, 5) is 26.4. The second-order valence-electron chi connectivity index (χ2n) is 10.5. The number of imidazole rings is 1. The Morgan fingerprint density at radius 3 is 2.92 bits per heavy atom. The molecule has 0 aromatic carbocycles. The average molecular weight is 542 g/mol. The molecule has 0 radical (unpaired) electrons. The minimum absolute atomic E-state index is 0.218. The first-order chi connectivity index (χ1) is 19.5. The highest BCUT2D eigenvalue weighted by Gasteiger charge is 2.45. The van der Waals surface area contributed by atoms with Crippen LogP contribution in [0, 0.1) is 11.3 Å². The summed E-state index contributed by atoms with van der Waals surface area (Å²) >= 11 is 0. The number of nitriles is 1. The zero-order chi connectivity index (χ0) is 27.4. The van der Waals surface area contributed by atoms with Gasteiger partial charge >= 0.3 is 6.09 Å². The van der Waals surface area contributed by atoms with Crippen LogP contribution in [0.3, 0.4) is 0 Å². The Morgan fingerprint density at radius 2 is 2.20 bits per heavy atom. The molecule has 13 nitrogen and oxygen atoms in total. The van der Waals surface area contributed by atoms with Gasteiger partial charge in [-0.15, -0.1) is 0 Å². The van der Waals surface area contributed by atoms with E-state index >= 15 is 0 Å². The maximum Gasteiger partial charge on any atom is 0.413 e. The largest absolute Gasteiger partial charge is 0.465 e. The van der Waals surface area contributed by atoms with Crippen LogP contribution >= 0.6 is 0 Å². The van der Waals surface area contributed by atoms with E-state index in [0.29, 0.717) is 48.3 Å². The zero-order valence-corrected chi connectivity index (χ0v) is 21.9. The molecular formula is C27H27N9O4. The third-order valence-corrected chi connectivity index (χ3v) is 8.32. The molecule has 1 amide bonds. The fraction of sp³-hybridized carbons (Fsp3) is 0.407. The Labute approximate surface area is 229 Å². The quantitative estimate of drug-likeness (QED) is 0.365. The second kappa shape index (κ2) is 9.20. The molecule has 2 aliphatic heterocycles. The van der Waals surface area contributed by atoms with E-state index in [1.54, 1.807) is 17.7 Å². The minimum Gasteiger partial charge on any atom is -0.465 e. The summed E-state index contributed by atoms with van der Waals surface area (Å²) in [6, 6.07) is 7.13. The molecule has 204 valence electrons. The number of amides is 1. The van der Waals surface area contributed by atoms with Crippen LogP contribution in [0.25, 0.3) is 11.2 Å². The van der Waals surface area contributed by atoms with Gasteiger partial charge in [-0.05, 0) is 31.7 Å². The van der Waals surface area contributed by atoms with E-state index in [0.717, 1.165) is 13.0 Å². The predicted molar refractivity (Wildman–Crippen MR) is 143 cm³/mol. The van der Waals surface area contributed by atoms with E-state index in [2.05, 4.69) is 37.1 Å². The Kier molecular flexibility index (Phi) is 5.60. The molecule has 3 aliphatic rings. The fourth-order valence-electron chi connectivity index (χ4n) is 6.09. The van der Waals surface area contributed by atoms with Gasteiger partial charge in [-0.25, -0.2) is 14.8 Å². The molecule has 0 bridgehead atoms. The van der Waals surface area contributed by atoms with Gasteiger partial charge < -0.3 is 24.5 Å². The number of hydrogen-bond acceptors (Lipinski definition) is 9. The second-order valence-corrected chi connectivity index (χ2v) is 10.5. The van der Waals surface area contributed by atoms with Gasteiger partial charge in [0.05, 0.1) is 18.8 Å². The Morgan fingerprint density at radius 1 is 1.32 bits per heavy atom. The topological polar surface area (TPSA) is 156 Å². The number of aryl methyl sites for hydroxylation is 2. The molecule has 0 unspecified atom stereocenters. The number of pyridine rings is 2. The molecule has 4 aromatic heterocycles. The third kappa shape index (κ3) is 3.83. The molecule has 2 N–H and O–H groups in total. The summed E-state index contributed by atoms with van der Waals surface area (Å²) in [6.07, 6.45) is 7.22. The maximum atomic E-state index is 12.0. The monoisotopic (exact) mass is 541 g/mol. The molecule has 4 aromatic rings. The molecule has 1 aliphatic carbocycles. The first kappa shape index (κ1) is 24.3. The minimum atomic E-state index is -1.12. The SMILES string of the molecule is Cn1c(Nc2cc3n(n2)CCC32CCC2)nc2ncc(Oc3ccnc(N(C(=O)O)[C@H]4CCOC4)c3)c(C#N)c21. The van der Waals surface area contributed by atoms with Crippen LogP contribution in [0.15, 0.2) is 30.6 Å². The van der Waals surface area contributed by atoms with Crippen LogP contribution < -0.4 is 15.0 Å². The summed E-state index contributed by atoms with van der Waals surface area (Å²) in [5.74, 6) is 1.99. The van der Waals surface area contributed by atoms with Gasteiger partial charge in [0.1, 0.15) is 28.7 Å². The van der Waals surface area contributed by atoms with Crippen molar-refractivity contribution in [2.75, 3.05) is 23.4 Å². The van der Waals surface area contributed by atoms with E-state index < -0.39 is 6.09 Å². The lowest BCUT2D eigenvalue weighted by atomic mass is 9.66. The molecule has 40 heavy (non-hydrogen) atoms. The van der Waals surface area contributed by atoms with E-state index in [1.165, 1.54) is 48.3 Å². The van der Waals surface area contributed by atoms with E-state index in [4.69, 9.17) is 14.6 Å². The maximum absolute atomic E-state index is 12.0. The number of rotatable bonds is 6. The first-order valence-corrected chi connectivity index (χ1v) is 13.3. The van der Waals surface area contributed by atoms with Crippen LogP contribution in [0.4, 0.5) is 22.4 Å². The first-order valence-electron chi connectivity index (χ1n) is 13.3. The van der Waals surface area contributed by atoms with Crippen LogP contribution in [0.5, 0.6) is 11.5 Å². The number of anilines is 3. The summed E-state index contributed by atoms with van der Waals surface area (Å²) < 4.78 is 15.3. The van der Waals surface area contributed by atoms with Crippen LogP contribution in [0.1, 0.15) is 43.4 Å². The lowest BCUT2D eigenvalue weighted by molar-refractivity contribution is 0.183. The Bertz CT molecular complexity index is 1680. The summed E-state index contributed by atoms with van der Waals surface area (Å²) in [5, 5.41) is 27.9. The zero-order valence-electron chi connectivity index (χ0n) is 21.9. The molecule has 1 spiro atoms. The number of carbonyl (C=O) groups is 1. The van der Waals surface area contributed by atoms with Gasteiger partial charge in [-0.2, -0.15) is 15.3 Å². The highest BCUT2D eigenvalue weighted by molar-refractivity contribution is 5.86. The molecule has 1 saturated carbocycles. The van der Waals surface area contributed by atoms with Crippen molar-refractivity contribution < 1.29 is 19.4 Å². The molecule has 2 fully saturated rings. The molecule has 1 saturated heterocycles. The molecule has 13 heteroatoms. The van der Waals surface area contributed by atoms with Crippen LogP contribution in [-0.4, -0.2) is 59.8 Å². The number of ether oxygens (including phenoxy) is 2. The van der Waals surface area contributed by atoms with Crippen molar-refractivity contribution in [2.45, 2.75) is 50.1 Å². The van der Waals surface area contributed by atoms with Gasteiger partial charge in [-0.1, -0.05) is 6.42 Å². The van der Waals surface area contributed by atoms with E-state index in [-0.39, 0.29) is 28.6 Å². The predicted octanol–water partition coefficient (Wildman–Crippen LogP) is 4.07. The van der Waals surface area contributed by atoms with Crippen molar-refractivity contribution in [1.29, 1.82) is 5.26 Å². The summed E-state index contributed by atoms with van der Waals surface area (Å²) in [7, 11) is 1.81. The number of nitrogens with one attached hydrogen (secondary N) is 1. The number of carboxylic acid groups (broad SMARTS) is 1. The number of hydrogen-bond donors (Lipinski definition) is 2. The normalized spacial score (nSPS) is 18.9. The van der Waals surface area contributed by atoms with Crippen molar-refractivity contribution in [3.05, 3.63) is 41.9 Å². The van der Waals surface area contributed by atoms with E-state index in [1.807, 2.05) is 0 Å². The lowest BCUT2D eigenvalue weighted by Crippen LogP contribution is -2.40. The van der Waals surface area contributed by atoms with Crippen molar-refractivity contribution in [1.82, 2.24) is 29.3 Å². The molecule has 7 rings (SSSR count). The number of nitrogens with zero attached hydrogens (tertiary/aromatic N) is 8. The Hall–Kier alpha value is -4.70. The smallest absolute Gasteiger partial charge is 0.413 e. The van der Waals surface area contributed by atoms with Gasteiger partial charge in [0, 0.05) is 49.6 Å². The van der Waals surface area contributed by atoms with Crippen molar-refractivity contribution in [3.8, 4) is 17.6 Å². The fourth-order valence-corrected chi connectivity index (χ4v) is 6.09. The molecular weight excluding hydrogens is 514 g/mol. The molecule has 1 atom stereocenters. The lowest BCUT2D eigenvalue weighted by Gasteiger charge is -2.37. The van der Waals surface area contributed by atoms with Crippen molar-refractivity contribution >= 4 is 34.8 Å². The van der Waals surface area contributed by atoms with Crippen molar-refractivity contribution in [3.63, 3.8) is 0 Å². The Balaban J connectivity index is 1.18. The number of aromatic nitrogens is 6. The summed E-state index contributed by atoms with van der Waals surface area (Å²) in [6.45, 7) is 1.72. The third-order valence-electron chi connectivity index (χ3n) is 8.32. The standard InChI is InChI=1S/C27H27N9O4/c1-34-23-18(13-28)19(40-17-3-8-29-22(11-17)36(26(37)38)16-4-10-39-15-16)14-30-24(23)32-25(34)31-21-12-20-27(5-2-6-27)7-9-35(20)33-21/h3,8,11-12,14,16H,2,4-7,9-10,15H2,1H3,(H,37,38)(H,30,31,32,33)/t16-/m0/s1. The van der Waals surface area contributed by atoms with Crippen LogP contribution in [-0.2, 0) is 23.7 Å². The highest BCUT2D eigenvalue weighted by Crippen LogP contribution is 2.50. The number of fused-ring (bicyclic) bond motifs is 3. The van der Waals surface area contributed by atoms with Crippen LogP contribution in [0.2, 0.25) is 0 Å². The van der Waals surface area contributed by atoms with E-state index in [9.17, 15) is 15.2 Å². The van der Waals surface area contributed by atoms with Crippen molar-refractivity contribution in [2.24, 2.45) is 7.05 Å². The van der Waals surface area contributed by atoms with Gasteiger partial charge in [0.2, 0.25) is 5.95 Å². The highest BCUT2D eigenvalue weighted by atomic mass is 16.5. The average Bonchev–Trinajstić information content (AvgIpc) is 3.69. The van der Waals surface area contributed by atoms with Gasteiger partial charge in [-0.3, -0.25) is 9.58 Å².